The van der Waals surface area contributed by atoms with Crippen LogP contribution in [0.1, 0.15) is 46.0 Å². The lowest BCUT2D eigenvalue weighted by atomic mass is 9.85. The monoisotopic (exact) mass is 242 g/mol. The van der Waals surface area contributed by atoms with Crippen molar-refractivity contribution in [1.29, 1.82) is 0 Å². The zero-order chi connectivity index (χ0) is 13.1. The summed E-state index contributed by atoms with van der Waals surface area (Å²) in [5, 5.41) is 10.3. The predicted octanol–water partition coefficient (Wildman–Crippen LogP) is 1.12. The summed E-state index contributed by atoms with van der Waals surface area (Å²) < 4.78 is 0. The van der Waals surface area contributed by atoms with Crippen molar-refractivity contribution in [3.8, 4) is 0 Å². The lowest BCUT2D eigenvalue weighted by Gasteiger charge is -2.34. The molecule has 0 spiro atoms. The number of hydrogen-bond acceptors (Lipinski definition) is 3. The molecule has 1 aliphatic carbocycles. The molecule has 3 N–H and O–H groups in total. The maximum absolute atomic E-state index is 12.3. The van der Waals surface area contributed by atoms with Gasteiger partial charge in [0.15, 0.2) is 0 Å². The minimum absolute atomic E-state index is 0.0443. The van der Waals surface area contributed by atoms with E-state index >= 15 is 0 Å². The molecule has 4 nitrogen and oxygen atoms in total. The molecule has 1 saturated carbocycles. The van der Waals surface area contributed by atoms with Crippen LogP contribution in [0.4, 0.5) is 0 Å². The van der Waals surface area contributed by atoms with Gasteiger partial charge in [-0.1, -0.05) is 19.8 Å². The Hall–Kier alpha value is -0.610. The second-order valence-corrected chi connectivity index (χ2v) is 5.71. The Balaban J connectivity index is 2.63. The summed E-state index contributed by atoms with van der Waals surface area (Å²) in [5.74, 6) is 0.0443. The molecule has 0 aromatic heterocycles. The maximum atomic E-state index is 12.3. The molecule has 0 saturated heterocycles. The Morgan fingerprint density at radius 2 is 2.00 bits per heavy atom. The van der Waals surface area contributed by atoms with E-state index < -0.39 is 11.0 Å². The summed E-state index contributed by atoms with van der Waals surface area (Å²) >= 11 is 0. The fourth-order valence-corrected chi connectivity index (χ4v) is 2.55. The van der Waals surface area contributed by atoms with E-state index in [0.717, 1.165) is 32.1 Å². The fraction of sp³-hybridized carbons (Fsp3) is 0.923. The standard InChI is InChI=1S/C13H26N2O2/c1-4-12(2,9-14)11(16)15(3)10-13(17)7-5-6-8-13/h17H,4-10,14H2,1-3H3. The highest BCUT2D eigenvalue weighted by atomic mass is 16.3. The number of rotatable bonds is 5. The van der Waals surface area contributed by atoms with E-state index in [2.05, 4.69) is 0 Å². The van der Waals surface area contributed by atoms with E-state index in [1.54, 1.807) is 11.9 Å². The molecule has 0 bridgehead atoms. The number of carbonyl (C=O) groups is 1. The second-order valence-electron chi connectivity index (χ2n) is 5.71. The molecular formula is C13H26N2O2. The van der Waals surface area contributed by atoms with E-state index in [0.29, 0.717) is 13.1 Å². The van der Waals surface area contributed by atoms with Gasteiger partial charge in [-0.05, 0) is 26.2 Å². The van der Waals surface area contributed by atoms with E-state index in [1.807, 2.05) is 13.8 Å². The first-order valence-electron chi connectivity index (χ1n) is 6.55. The Morgan fingerprint density at radius 3 is 2.41 bits per heavy atom. The highest BCUT2D eigenvalue weighted by molar-refractivity contribution is 5.82. The first-order valence-corrected chi connectivity index (χ1v) is 6.55. The normalized spacial score (nSPS) is 22.2. The van der Waals surface area contributed by atoms with Crippen molar-refractivity contribution in [3.63, 3.8) is 0 Å². The SMILES string of the molecule is CCC(C)(CN)C(=O)N(C)CC1(O)CCCC1. The van der Waals surface area contributed by atoms with E-state index in [9.17, 15) is 9.90 Å². The molecule has 0 aliphatic heterocycles. The largest absolute Gasteiger partial charge is 0.388 e. The number of nitrogens with zero attached hydrogens (tertiary/aromatic N) is 1. The van der Waals surface area contributed by atoms with Crippen LogP contribution in [0.5, 0.6) is 0 Å². The molecule has 0 radical (unpaired) electrons. The minimum atomic E-state index is -0.673. The Bertz CT molecular complexity index is 269. The van der Waals surface area contributed by atoms with E-state index in [1.165, 1.54) is 0 Å². The average molecular weight is 242 g/mol. The Kier molecular flexibility index (Phi) is 4.55. The predicted molar refractivity (Wildman–Crippen MR) is 68.5 cm³/mol. The van der Waals surface area contributed by atoms with Crippen molar-refractivity contribution in [3.05, 3.63) is 0 Å². The lowest BCUT2D eigenvalue weighted by Crippen LogP contribution is -2.49. The smallest absolute Gasteiger partial charge is 0.229 e. The van der Waals surface area contributed by atoms with Gasteiger partial charge in [0.2, 0.25) is 5.91 Å². The summed E-state index contributed by atoms with van der Waals surface area (Å²) in [6.07, 6.45) is 4.44. The molecular weight excluding hydrogens is 216 g/mol. The molecule has 1 atom stereocenters. The molecule has 1 amide bonds. The van der Waals surface area contributed by atoms with Crippen LogP contribution in [-0.4, -0.2) is 41.7 Å². The number of amides is 1. The van der Waals surface area contributed by atoms with Crippen molar-refractivity contribution in [2.24, 2.45) is 11.1 Å². The van der Waals surface area contributed by atoms with Gasteiger partial charge >= 0.3 is 0 Å². The zero-order valence-electron chi connectivity index (χ0n) is 11.3. The summed E-state index contributed by atoms with van der Waals surface area (Å²) in [6, 6.07) is 0. The quantitative estimate of drug-likeness (QED) is 0.759. The van der Waals surface area contributed by atoms with Gasteiger partial charge in [-0.15, -0.1) is 0 Å². The molecule has 4 heteroatoms. The van der Waals surface area contributed by atoms with Gasteiger partial charge in [0.1, 0.15) is 0 Å². The third-order valence-electron chi connectivity index (χ3n) is 4.16. The van der Waals surface area contributed by atoms with Gasteiger partial charge in [-0.3, -0.25) is 4.79 Å². The van der Waals surface area contributed by atoms with Crippen LogP contribution >= 0.6 is 0 Å². The molecule has 0 aromatic carbocycles. The van der Waals surface area contributed by atoms with E-state index in [4.69, 9.17) is 5.73 Å². The topological polar surface area (TPSA) is 66.6 Å². The first-order chi connectivity index (χ1) is 7.87. The van der Waals surface area contributed by atoms with Crippen molar-refractivity contribution in [2.45, 2.75) is 51.6 Å². The number of likely N-dealkylation sites (N-methyl/N-ethyl adjacent to an activating group) is 1. The molecule has 1 unspecified atom stereocenters. The van der Waals surface area contributed by atoms with Crippen LogP contribution in [0.3, 0.4) is 0 Å². The number of nitrogens with two attached hydrogens (primary N) is 1. The maximum Gasteiger partial charge on any atom is 0.229 e. The molecule has 0 aromatic rings. The van der Waals surface area contributed by atoms with Crippen LogP contribution in [0.2, 0.25) is 0 Å². The average Bonchev–Trinajstić information content (AvgIpc) is 2.73. The second kappa shape index (κ2) is 5.36. The number of carbonyl (C=O) groups excluding carboxylic acids is 1. The van der Waals surface area contributed by atoms with Gasteiger partial charge in [-0.25, -0.2) is 0 Å². The number of hydrogen-bond donors (Lipinski definition) is 2. The molecule has 100 valence electrons. The molecule has 1 aliphatic rings. The van der Waals surface area contributed by atoms with Gasteiger partial charge in [-0.2, -0.15) is 0 Å². The molecule has 1 rings (SSSR count). The highest BCUT2D eigenvalue weighted by Crippen LogP contribution is 2.31. The van der Waals surface area contributed by atoms with Crippen molar-refractivity contribution >= 4 is 5.91 Å². The lowest BCUT2D eigenvalue weighted by molar-refractivity contribution is -0.142. The van der Waals surface area contributed by atoms with Crippen molar-refractivity contribution in [2.75, 3.05) is 20.1 Å². The van der Waals surface area contributed by atoms with Crippen molar-refractivity contribution < 1.29 is 9.90 Å². The molecule has 0 heterocycles. The van der Waals surface area contributed by atoms with E-state index in [-0.39, 0.29) is 5.91 Å². The van der Waals surface area contributed by atoms with Gasteiger partial charge in [0.25, 0.3) is 0 Å². The van der Waals surface area contributed by atoms with Gasteiger partial charge < -0.3 is 15.7 Å². The third-order valence-corrected chi connectivity index (χ3v) is 4.16. The summed E-state index contributed by atoms with van der Waals surface area (Å²) in [6.45, 7) is 4.65. The van der Waals surface area contributed by atoms with Crippen LogP contribution in [-0.2, 0) is 4.79 Å². The third kappa shape index (κ3) is 3.19. The number of aliphatic hydroxyl groups is 1. The summed E-state index contributed by atoms with van der Waals surface area (Å²) in [4.78, 5) is 13.9. The minimum Gasteiger partial charge on any atom is -0.388 e. The van der Waals surface area contributed by atoms with Crippen LogP contribution in [0.15, 0.2) is 0 Å². The zero-order valence-corrected chi connectivity index (χ0v) is 11.3. The summed E-state index contributed by atoms with van der Waals surface area (Å²) in [5.41, 5.74) is 4.52. The van der Waals surface area contributed by atoms with Gasteiger partial charge in [0.05, 0.1) is 11.0 Å². The Labute approximate surface area is 104 Å². The van der Waals surface area contributed by atoms with Gasteiger partial charge in [0, 0.05) is 20.1 Å². The molecule has 1 fully saturated rings. The summed E-state index contributed by atoms with van der Waals surface area (Å²) in [7, 11) is 1.77. The van der Waals surface area contributed by atoms with Crippen molar-refractivity contribution in [1.82, 2.24) is 4.90 Å². The van der Waals surface area contributed by atoms with Crippen LogP contribution < -0.4 is 5.73 Å². The van der Waals surface area contributed by atoms with Crippen LogP contribution in [0.25, 0.3) is 0 Å². The highest BCUT2D eigenvalue weighted by Gasteiger charge is 2.38. The fourth-order valence-electron chi connectivity index (χ4n) is 2.55. The first kappa shape index (κ1) is 14.5. The van der Waals surface area contributed by atoms with Crippen LogP contribution in [0, 0.1) is 5.41 Å². The Morgan fingerprint density at radius 1 is 1.47 bits per heavy atom. The molecule has 17 heavy (non-hydrogen) atoms.